The van der Waals surface area contributed by atoms with Crippen molar-refractivity contribution in [2.75, 3.05) is 10.9 Å². The molecule has 1 aromatic rings. The monoisotopic (exact) mass is 195 g/mol. The zero-order valence-corrected chi connectivity index (χ0v) is 7.15. The van der Waals surface area contributed by atoms with Crippen molar-refractivity contribution in [3.05, 3.63) is 18.2 Å². The summed E-state index contributed by atoms with van der Waals surface area (Å²) in [5.74, 6) is 0.907. The van der Waals surface area contributed by atoms with Gasteiger partial charge in [0.2, 0.25) is 12.8 Å². The number of hydrogen-bond acceptors (Lipinski definition) is 5. The Morgan fingerprint density at radius 1 is 1.00 bits per heavy atom. The van der Waals surface area contributed by atoms with Gasteiger partial charge in [-0.1, -0.05) is 6.07 Å². The fourth-order valence-electron chi connectivity index (χ4n) is 0.781. The van der Waals surface area contributed by atoms with Crippen LogP contribution < -0.4 is 21.7 Å². The fourth-order valence-corrected chi connectivity index (χ4v) is 0.781. The number of amides is 2. The topological polar surface area (TPSA) is 95.1 Å². The van der Waals surface area contributed by atoms with Crippen LogP contribution in [0.5, 0.6) is 0 Å². The number of nitrogens with zero attached hydrogens (tertiary/aromatic N) is 1. The summed E-state index contributed by atoms with van der Waals surface area (Å²) in [5, 5.41) is 0. The van der Waals surface area contributed by atoms with Crippen LogP contribution in [0.25, 0.3) is 0 Å². The quantitative estimate of drug-likeness (QED) is 0.353. The average molecular weight is 195 g/mol. The molecule has 0 aromatic carbocycles. The van der Waals surface area contributed by atoms with Crippen molar-refractivity contribution in [3.63, 3.8) is 0 Å². The summed E-state index contributed by atoms with van der Waals surface area (Å²) in [6, 6.07) is 5.02. The second-order valence-electron chi connectivity index (χ2n) is 2.18. The third-order valence-electron chi connectivity index (χ3n) is 1.27. The van der Waals surface area contributed by atoms with E-state index >= 15 is 0 Å². The number of hydrazine groups is 2. The zero-order chi connectivity index (χ0) is 10.2. The van der Waals surface area contributed by atoms with Crippen molar-refractivity contribution < 1.29 is 9.59 Å². The maximum Gasteiger partial charge on any atom is 0.225 e. The molecule has 0 fully saturated rings. The second kappa shape index (κ2) is 5.36. The molecule has 0 bridgehead atoms. The van der Waals surface area contributed by atoms with Gasteiger partial charge in [0, 0.05) is 0 Å². The lowest BCUT2D eigenvalue weighted by molar-refractivity contribution is -0.109. The fraction of sp³-hybridized carbons (Fsp3) is 0. The molecule has 2 amide bonds. The van der Waals surface area contributed by atoms with Gasteiger partial charge in [-0.25, -0.2) is 4.98 Å². The third kappa shape index (κ3) is 2.97. The molecule has 14 heavy (non-hydrogen) atoms. The number of aromatic nitrogens is 1. The van der Waals surface area contributed by atoms with Gasteiger partial charge in [-0.05, 0) is 12.1 Å². The Morgan fingerprint density at radius 2 is 1.50 bits per heavy atom. The van der Waals surface area contributed by atoms with Crippen LogP contribution >= 0.6 is 0 Å². The molecule has 0 aliphatic carbocycles. The lowest BCUT2D eigenvalue weighted by Crippen LogP contribution is -2.22. The summed E-state index contributed by atoms with van der Waals surface area (Å²) in [5.41, 5.74) is 9.53. The molecule has 0 saturated heterocycles. The molecule has 0 aliphatic heterocycles. The lowest BCUT2D eigenvalue weighted by atomic mass is 10.4. The molecule has 0 atom stereocenters. The first kappa shape index (κ1) is 9.78. The Hall–Kier alpha value is -2.31. The van der Waals surface area contributed by atoms with Gasteiger partial charge in [-0.15, -0.1) is 0 Å². The van der Waals surface area contributed by atoms with E-state index in [9.17, 15) is 9.59 Å². The van der Waals surface area contributed by atoms with E-state index in [1.807, 2.05) is 0 Å². The predicted octanol–water partition coefficient (Wildman–Crippen LogP) is -0.773. The lowest BCUT2D eigenvalue weighted by Gasteiger charge is -2.06. The molecule has 1 heterocycles. The molecule has 4 N–H and O–H groups in total. The van der Waals surface area contributed by atoms with E-state index in [0.717, 1.165) is 0 Å². The van der Waals surface area contributed by atoms with Gasteiger partial charge in [0.25, 0.3) is 0 Å². The van der Waals surface area contributed by atoms with Gasteiger partial charge in [0.1, 0.15) is 11.6 Å². The highest BCUT2D eigenvalue weighted by atomic mass is 16.1. The highest BCUT2D eigenvalue weighted by Gasteiger charge is 1.94. The molecule has 0 saturated carbocycles. The van der Waals surface area contributed by atoms with Gasteiger partial charge in [-0.2, -0.15) is 0 Å². The Morgan fingerprint density at radius 3 is 1.93 bits per heavy atom. The van der Waals surface area contributed by atoms with Crippen molar-refractivity contribution in [1.82, 2.24) is 15.8 Å². The van der Waals surface area contributed by atoms with Crippen molar-refractivity contribution in [1.29, 1.82) is 0 Å². The van der Waals surface area contributed by atoms with Crippen molar-refractivity contribution in [2.45, 2.75) is 0 Å². The summed E-state index contributed by atoms with van der Waals surface area (Å²) in [6.07, 6.45) is 0.983. The average Bonchev–Trinajstić information content (AvgIpc) is 2.24. The number of carbonyl (C=O) groups excluding carboxylic acids is 2. The van der Waals surface area contributed by atoms with E-state index in [2.05, 4.69) is 26.7 Å². The number of nitrogens with one attached hydrogen (secondary N) is 4. The van der Waals surface area contributed by atoms with Gasteiger partial charge in [0.15, 0.2) is 0 Å². The summed E-state index contributed by atoms with van der Waals surface area (Å²) in [7, 11) is 0. The van der Waals surface area contributed by atoms with Crippen LogP contribution in [-0.4, -0.2) is 17.8 Å². The number of rotatable bonds is 6. The third-order valence-corrected chi connectivity index (χ3v) is 1.27. The Balaban J connectivity index is 2.58. The Labute approximate surface area is 79.8 Å². The smallest absolute Gasteiger partial charge is 0.225 e. The summed E-state index contributed by atoms with van der Waals surface area (Å²) in [6.45, 7) is 0. The van der Waals surface area contributed by atoms with Crippen LogP contribution in [0.4, 0.5) is 11.6 Å². The molecule has 0 radical (unpaired) electrons. The zero-order valence-electron chi connectivity index (χ0n) is 7.15. The van der Waals surface area contributed by atoms with E-state index in [0.29, 0.717) is 24.5 Å². The van der Waals surface area contributed by atoms with E-state index < -0.39 is 0 Å². The first-order valence-electron chi connectivity index (χ1n) is 3.74. The van der Waals surface area contributed by atoms with Crippen molar-refractivity contribution in [3.8, 4) is 0 Å². The normalized spacial score (nSPS) is 8.57. The first-order chi connectivity index (χ1) is 6.86. The molecule has 1 rings (SSSR count). The maximum absolute atomic E-state index is 9.96. The van der Waals surface area contributed by atoms with Gasteiger partial charge >= 0.3 is 0 Å². The van der Waals surface area contributed by atoms with E-state index in [1.165, 1.54) is 0 Å². The van der Waals surface area contributed by atoms with Gasteiger partial charge in [0.05, 0.1) is 0 Å². The first-order valence-corrected chi connectivity index (χ1v) is 3.74. The molecule has 0 spiro atoms. The van der Waals surface area contributed by atoms with E-state index in [4.69, 9.17) is 0 Å². The van der Waals surface area contributed by atoms with Crippen molar-refractivity contribution in [2.24, 2.45) is 0 Å². The molecule has 74 valence electrons. The minimum Gasteiger partial charge on any atom is -0.282 e. The number of anilines is 2. The largest absolute Gasteiger partial charge is 0.282 e. The molecule has 0 unspecified atom stereocenters. The molecule has 1 aromatic heterocycles. The van der Waals surface area contributed by atoms with Crippen LogP contribution in [0.2, 0.25) is 0 Å². The van der Waals surface area contributed by atoms with Crippen LogP contribution in [0.3, 0.4) is 0 Å². The SMILES string of the molecule is O=CNNc1cccc(NNC=O)n1. The molecule has 7 heteroatoms. The molecular weight excluding hydrogens is 186 g/mol. The van der Waals surface area contributed by atoms with Gasteiger partial charge < -0.3 is 0 Å². The second-order valence-corrected chi connectivity index (χ2v) is 2.18. The van der Waals surface area contributed by atoms with Crippen LogP contribution in [0, 0.1) is 0 Å². The maximum atomic E-state index is 9.96. The molecule has 0 aliphatic rings. The van der Waals surface area contributed by atoms with Crippen molar-refractivity contribution >= 4 is 24.5 Å². The predicted molar refractivity (Wildman–Crippen MR) is 49.9 cm³/mol. The number of pyridine rings is 1. The van der Waals surface area contributed by atoms with Crippen LogP contribution in [0.15, 0.2) is 18.2 Å². The standard InChI is InChI=1S/C7H9N5O2/c13-4-8-11-6-2-1-3-7(10-6)12-9-5-14/h1-5H,(H,8,13)(H,9,14)(H2,10,11,12). The van der Waals surface area contributed by atoms with E-state index in [-0.39, 0.29) is 0 Å². The Kier molecular flexibility index (Phi) is 3.74. The summed E-state index contributed by atoms with van der Waals surface area (Å²) >= 11 is 0. The number of hydrogen-bond donors (Lipinski definition) is 4. The minimum atomic E-state index is 0.454. The highest BCUT2D eigenvalue weighted by Crippen LogP contribution is 2.06. The highest BCUT2D eigenvalue weighted by molar-refractivity contribution is 5.54. The minimum absolute atomic E-state index is 0.454. The van der Waals surface area contributed by atoms with Crippen LogP contribution in [0.1, 0.15) is 0 Å². The van der Waals surface area contributed by atoms with Crippen LogP contribution in [-0.2, 0) is 9.59 Å². The Bertz CT molecular complexity index is 289. The summed E-state index contributed by atoms with van der Waals surface area (Å²) < 4.78 is 0. The van der Waals surface area contributed by atoms with Gasteiger partial charge in [-0.3, -0.25) is 31.3 Å². The molecule has 7 nitrogen and oxygen atoms in total. The number of carbonyl (C=O) groups is 2. The summed E-state index contributed by atoms with van der Waals surface area (Å²) in [4.78, 5) is 23.9. The molecular formula is C7H9N5O2. The van der Waals surface area contributed by atoms with E-state index in [1.54, 1.807) is 18.2 Å².